The van der Waals surface area contributed by atoms with E-state index in [1.165, 1.54) is 0 Å². The molecule has 0 spiro atoms. The van der Waals surface area contributed by atoms with Crippen LogP contribution in [0.1, 0.15) is 19.4 Å². The molecule has 0 saturated carbocycles. The molecule has 6 heteroatoms. The van der Waals surface area contributed by atoms with Crippen LogP contribution in [0, 0.1) is 5.92 Å². The van der Waals surface area contributed by atoms with E-state index in [4.69, 9.17) is 27.9 Å². The Morgan fingerprint density at radius 2 is 2.00 bits per heavy atom. The highest BCUT2D eigenvalue weighted by atomic mass is 35.5. The zero-order valence-corrected chi connectivity index (χ0v) is 13.9. The van der Waals surface area contributed by atoms with Gasteiger partial charge in [0.1, 0.15) is 5.82 Å². The van der Waals surface area contributed by atoms with Gasteiger partial charge in [0, 0.05) is 6.20 Å². The molecule has 0 aliphatic heterocycles. The highest BCUT2D eigenvalue weighted by molar-refractivity contribution is 6.37. The molecule has 0 fully saturated rings. The summed E-state index contributed by atoms with van der Waals surface area (Å²) in [5, 5.41) is 5.03. The maximum Gasteiger partial charge on any atom is 0.156 e. The first-order valence-corrected chi connectivity index (χ1v) is 7.64. The normalized spacial score (nSPS) is 11.1. The standard InChI is InChI=1S/C16H17Cl2N3O/c1-11(2)10-22-16-13(17)7-12(8-14(16)18)9-20-21-15-5-3-4-6-19-15/h3-9,11H,10H2,1-2H3,(H,19,21)/b20-9+. The van der Waals surface area contributed by atoms with Gasteiger partial charge >= 0.3 is 0 Å². The van der Waals surface area contributed by atoms with E-state index in [0.717, 1.165) is 5.56 Å². The lowest BCUT2D eigenvalue weighted by atomic mass is 10.2. The van der Waals surface area contributed by atoms with Gasteiger partial charge in [0.15, 0.2) is 5.75 Å². The van der Waals surface area contributed by atoms with Gasteiger partial charge in [-0.2, -0.15) is 5.10 Å². The first kappa shape index (κ1) is 16.6. The van der Waals surface area contributed by atoms with Gasteiger partial charge in [0.25, 0.3) is 0 Å². The summed E-state index contributed by atoms with van der Waals surface area (Å²) < 4.78 is 5.62. The third kappa shape index (κ3) is 4.90. The predicted molar refractivity (Wildman–Crippen MR) is 92.2 cm³/mol. The van der Waals surface area contributed by atoms with Crippen molar-refractivity contribution in [1.82, 2.24) is 4.98 Å². The SMILES string of the molecule is CC(C)COc1c(Cl)cc(/C=N/Nc2ccccn2)cc1Cl. The topological polar surface area (TPSA) is 46.5 Å². The molecule has 0 aliphatic carbocycles. The second-order valence-electron chi connectivity index (χ2n) is 5.10. The molecule has 1 N–H and O–H groups in total. The number of ether oxygens (including phenoxy) is 1. The van der Waals surface area contributed by atoms with Crippen LogP contribution in [0.3, 0.4) is 0 Å². The minimum absolute atomic E-state index is 0.399. The Hall–Kier alpha value is -1.78. The number of aromatic nitrogens is 1. The van der Waals surface area contributed by atoms with Crippen LogP contribution in [0.15, 0.2) is 41.6 Å². The highest BCUT2D eigenvalue weighted by Gasteiger charge is 2.10. The molecule has 0 bridgehead atoms. The van der Waals surface area contributed by atoms with Crippen LogP contribution in [-0.4, -0.2) is 17.8 Å². The third-order valence-corrected chi connectivity index (χ3v) is 3.20. The molecule has 2 aromatic rings. The molecule has 22 heavy (non-hydrogen) atoms. The lowest BCUT2D eigenvalue weighted by Gasteiger charge is -2.12. The van der Waals surface area contributed by atoms with Crippen molar-refractivity contribution in [2.24, 2.45) is 11.0 Å². The van der Waals surface area contributed by atoms with Crippen molar-refractivity contribution >= 4 is 35.2 Å². The zero-order chi connectivity index (χ0) is 15.9. The van der Waals surface area contributed by atoms with Crippen LogP contribution >= 0.6 is 23.2 Å². The number of benzene rings is 1. The van der Waals surface area contributed by atoms with E-state index < -0.39 is 0 Å². The molecule has 0 radical (unpaired) electrons. The van der Waals surface area contributed by atoms with E-state index in [9.17, 15) is 0 Å². The van der Waals surface area contributed by atoms with Gasteiger partial charge in [-0.3, -0.25) is 5.43 Å². The third-order valence-electron chi connectivity index (χ3n) is 2.64. The largest absolute Gasteiger partial charge is 0.490 e. The molecule has 0 saturated heterocycles. The number of hydrazone groups is 1. The van der Waals surface area contributed by atoms with Gasteiger partial charge in [0.05, 0.1) is 22.9 Å². The monoisotopic (exact) mass is 337 g/mol. The van der Waals surface area contributed by atoms with Gasteiger partial charge in [-0.15, -0.1) is 0 Å². The van der Waals surface area contributed by atoms with E-state index >= 15 is 0 Å². The number of hydrogen-bond acceptors (Lipinski definition) is 4. The molecule has 1 aromatic heterocycles. The summed E-state index contributed by atoms with van der Waals surface area (Å²) >= 11 is 12.4. The van der Waals surface area contributed by atoms with Crippen molar-refractivity contribution < 1.29 is 4.74 Å². The van der Waals surface area contributed by atoms with Crippen LogP contribution in [0.4, 0.5) is 5.82 Å². The highest BCUT2D eigenvalue weighted by Crippen LogP contribution is 2.34. The Morgan fingerprint density at radius 3 is 2.59 bits per heavy atom. The average molecular weight is 338 g/mol. The fourth-order valence-electron chi connectivity index (χ4n) is 1.64. The minimum Gasteiger partial charge on any atom is -0.490 e. The second-order valence-corrected chi connectivity index (χ2v) is 5.92. The summed E-state index contributed by atoms with van der Waals surface area (Å²) in [5.74, 6) is 1.57. The van der Waals surface area contributed by atoms with Gasteiger partial charge in [-0.25, -0.2) is 4.98 Å². The molecule has 116 valence electrons. The van der Waals surface area contributed by atoms with Gasteiger partial charge in [-0.1, -0.05) is 43.1 Å². The lowest BCUT2D eigenvalue weighted by Crippen LogP contribution is -2.05. The van der Waals surface area contributed by atoms with E-state index in [-0.39, 0.29) is 0 Å². The van der Waals surface area contributed by atoms with Crippen molar-refractivity contribution in [2.75, 3.05) is 12.0 Å². The smallest absolute Gasteiger partial charge is 0.156 e. The Bertz CT molecular complexity index is 622. The Morgan fingerprint density at radius 1 is 1.27 bits per heavy atom. The van der Waals surface area contributed by atoms with Crippen molar-refractivity contribution in [3.8, 4) is 5.75 Å². The van der Waals surface area contributed by atoms with E-state index in [1.807, 2.05) is 18.2 Å². The first-order valence-electron chi connectivity index (χ1n) is 6.88. The molecular formula is C16H17Cl2N3O. The Labute approximate surface area is 140 Å². The van der Waals surface area contributed by atoms with Crippen LogP contribution in [0.2, 0.25) is 10.0 Å². The fourth-order valence-corrected chi connectivity index (χ4v) is 2.26. The molecule has 0 aliphatic rings. The average Bonchev–Trinajstić information content (AvgIpc) is 2.47. The van der Waals surface area contributed by atoms with E-state index in [0.29, 0.717) is 34.1 Å². The maximum absolute atomic E-state index is 6.21. The van der Waals surface area contributed by atoms with Gasteiger partial charge < -0.3 is 4.74 Å². The molecule has 0 unspecified atom stereocenters. The molecule has 1 aromatic carbocycles. The van der Waals surface area contributed by atoms with Crippen molar-refractivity contribution in [1.29, 1.82) is 0 Å². The van der Waals surface area contributed by atoms with Crippen LogP contribution < -0.4 is 10.2 Å². The van der Waals surface area contributed by atoms with Gasteiger partial charge in [0.2, 0.25) is 0 Å². The van der Waals surface area contributed by atoms with Crippen molar-refractivity contribution in [3.05, 3.63) is 52.1 Å². The summed E-state index contributed by atoms with van der Waals surface area (Å²) in [7, 11) is 0. The number of anilines is 1. The molecule has 0 amide bonds. The zero-order valence-electron chi connectivity index (χ0n) is 12.4. The summed E-state index contributed by atoms with van der Waals surface area (Å²) in [6.45, 7) is 4.69. The van der Waals surface area contributed by atoms with E-state index in [1.54, 1.807) is 24.5 Å². The summed E-state index contributed by atoms with van der Waals surface area (Å²) in [4.78, 5) is 4.10. The van der Waals surface area contributed by atoms with Crippen LogP contribution in [-0.2, 0) is 0 Å². The van der Waals surface area contributed by atoms with Gasteiger partial charge in [-0.05, 0) is 35.7 Å². The molecule has 4 nitrogen and oxygen atoms in total. The van der Waals surface area contributed by atoms with Crippen molar-refractivity contribution in [3.63, 3.8) is 0 Å². The number of hydrogen-bond donors (Lipinski definition) is 1. The molecular weight excluding hydrogens is 321 g/mol. The Balaban J connectivity index is 2.06. The fraction of sp³-hybridized carbons (Fsp3) is 0.250. The molecule has 0 atom stereocenters. The van der Waals surface area contributed by atoms with Crippen LogP contribution in [0.5, 0.6) is 5.75 Å². The number of halogens is 2. The predicted octanol–water partition coefficient (Wildman–Crippen LogP) is 4.87. The van der Waals surface area contributed by atoms with Crippen LogP contribution in [0.25, 0.3) is 0 Å². The van der Waals surface area contributed by atoms with E-state index in [2.05, 4.69) is 29.4 Å². The number of pyridine rings is 1. The quantitative estimate of drug-likeness (QED) is 0.604. The first-order chi connectivity index (χ1) is 10.6. The maximum atomic E-state index is 6.21. The summed E-state index contributed by atoms with van der Waals surface area (Å²) in [5.41, 5.74) is 3.60. The molecule has 1 heterocycles. The Kier molecular flexibility index (Phi) is 6.04. The van der Waals surface area contributed by atoms with Crippen molar-refractivity contribution in [2.45, 2.75) is 13.8 Å². The lowest BCUT2D eigenvalue weighted by molar-refractivity contribution is 0.271. The second kappa shape index (κ2) is 8.01. The number of nitrogens with zero attached hydrogens (tertiary/aromatic N) is 2. The summed E-state index contributed by atoms with van der Waals surface area (Å²) in [6.07, 6.45) is 3.31. The number of nitrogens with one attached hydrogen (secondary N) is 1. The summed E-state index contributed by atoms with van der Waals surface area (Å²) in [6, 6.07) is 9.04. The minimum atomic E-state index is 0.399. The molecule has 2 rings (SSSR count). The number of rotatable bonds is 6.